The predicted molar refractivity (Wildman–Crippen MR) is 103 cm³/mol. The molecule has 3 aromatic rings. The van der Waals surface area contributed by atoms with Crippen LogP contribution in [-0.4, -0.2) is 22.4 Å². The van der Waals surface area contributed by atoms with Crippen LogP contribution in [-0.2, 0) is 13.0 Å². The molecule has 0 spiro atoms. The molecule has 0 bridgehead atoms. The van der Waals surface area contributed by atoms with E-state index < -0.39 is 0 Å². The van der Waals surface area contributed by atoms with Crippen molar-refractivity contribution in [3.05, 3.63) is 89.2 Å². The first-order valence-corrected chi connectivity index (χ1v) is 8.64. The summed E-state index contributed by atoms with van der Waals surface area (Å²) in [7, 11) is 0. The first-order valence-electron chi connectivity index (χ1n) is 8.64. The second kappa shape index (κ2) is 8.76. The molecule has 0 aliphatic carbocycles. The molecule has 0 atom stereocenters. The minimum absolute atomic E-state index is 0.178. The molecule has 26 heavy (non-hydrogen) atoms. The van der Waals surface area contributed by atoms with Gasteiger partial charge in [-0.05, 0) is 24.5 Å². The van der Waals surface area contributed by atoms with Gasteiger partial charge < -0.3 is 10.6 Å². The molecule has 1 aromatic heterocycles. The Hall–Kier alpha value is -3.21. The summed E-state index contributed by atoms with van der Waals surface area (Å²) in [5.74, 6) is 0.346. The van der Waals surface area contributed by atoms with Crippen molar-refractivity contribution in [2.75, 3.05) is 11.9 Å². The summed E-state index contributed by atoms with van der Waals surface area (Å²) in [5, 5.41) is 6.06. The highest BCUT2D eigenvalue weighted by molar-refractivity contribution is 5.93. The topological polar surface area (TPSA) is 66.9 Å². The van der Waals surface area contributed by atoms with E-state index in [2.05, 4.69) is 38.8 Å². The van der Waals surface area contributed by atoms with Gasteiger partial charge in [-0.1, -0.05) is 60.2 Å². The van der Waals surface area contributed by atoms with E-state index in [-0.39, 0.29) is 5.91 Å². The maximum atomic E-state index is 12.2. The quantitative estimate of drug-likeness (QED) is 0.688. The normalized spacial score (nSPS) is 10.3. The van der Waals surface area contributed by atoms with Gasteiger partial charge in [0, 0.05) is 25.5 Å². The van der Waals surface area contributed by atoms with Crippen LogP contribution in [0.1, 0.15) is 27.0 Å². The lowest BCUT2D eigenvalue weighted by Gasteiger charge is -2.07. The first-order chi connectivity index (χ1) is 12.7. The zero-order valence-electron chi connectivity index (χ0n) is 14.8. The van der Waals surface area contributed by atoms with E-state index >= 15 is 0 Å². The fourth-order valence-electron chi connectivity index (χ4n) is 2.61. The van der Waals surface area contributed by atoms with Gasteiger partial charge in [-0.2, -0.15) is 0 Å². The van der Waals surface area contributed by atoms with E-state index in [0.717, 1.165) is 18.5 Å². The SMILES string of the molecule is Cc1cccc(CNC(=O)c2cnc(NCCc3ccccc3)nc2)c1. The molecule has 132 valence electrons. The van der Waals surface area contributed by atoms with Crippen molar-refractivity contribution in [1.29, 1.82) is 0 Å². The molecule has 1 amide bonds. The largest absolute Gasteiger partial charge is 0.354 e. The average molecular weight is 346 g/mol. The van der Waals surface area contributed by atoms with Crippen molar-refractivity contribution in [1.82, 2.24) is 15.3 Å². The lowest BCUT2D eigenvalue weighted by Crippen LogP contribution is -2.23. The Morgan fingerprint density at radius 2 is 1.69 bits per heavy atom. The van der Waals surface area contributed by atoms with Gasteiger partial charge in [-0.25, -0.2) is 9.97 Å². The highest BCUT2D eigenvalue weighted by Gasteiger charge is 2.07. The minimum atomic E-state index is -0.178. The molecule has 5 nitrogen and oxygen atoms in total. The lowest BCUT2D eigenvalue weighted by atomic mass is 10.1. The number of carbonyl (C=O) groups is 1. The number of carbonyl (C=O) groups excluding carboxylic acids is 1. The number of aryl methyl sites for hydroxylation is 1. The summed E-state index contributed by atoms with van der Waals surface area (Å²) in [5.41, 5.74) is 3.95. The van der Waals surface area contributed by atoms with Gasteiger partial charge in [-0.15, -0.1) is 0 Å². The molecule has 0 saturated carbocycles. The third kappa shape index (κ3) is 5.14. The average Bonchev–Trinajstić information content (AvgIpc) is 2.68. The highest BCUT2D eigenvalue weighted by atomic mass is 16.1. The molecule has 0 unspecified atom stereocenters. The van der Waals surface area contributed by atoms with Crippen LogP contribution in [0.4, 0.5) is 5.95 Å². The molecule has 5 heteroatoms. The van der Waals surface area contributed by atoms with Crippen LogP contribution < -0.4 is 10.6 Å². The highest BCUT2D eigenvalue weighted by Crippen LogP contribution is 2.05. The van der Waals surface area contributed by atoms with Crippen LogP contribution in [0.25, 0.3) is 0 Å². The number of hydrogen-bond donors (Lipinski definition) is 2. The second-order valence-corrected chi connectivity index (χ2v) is 6.13. The summed E-state index contributed by atoms with van der Waals surface area (Å²) in [6.45, 7) is 3.25. The number of amides is 1. The molecule has 0 saturated heterocycles. The van der Waals surface area contributed by atoms with Gasteiger partial charge in [0.2, 0.25) is 5.95 Å². The predicted octanol–water partition coefficient (Wildman–Crippen LogP) is 3.37. The van der Waals surface area contributed by atoms with Gasteiger partial charge in [-0.3, -0.25) is 4.79 Å². The Labute approximate surface area is 153 Å². The van der Waals surface area contributed by atoms with Crippen molar-refractivity contribution in [2.24, 2.45) is 0 Å². The molecule has 1 heterocycles. The van der Waals surface area contributed by atoms with Crippen LogP contribution in [0, 0.1) is 6.92 Å². The lowest BCUT2D eigenvalue weighted by molar-refractivity contribution is 0.0950. The maximum absolute atomic E-state index is 12.2. The van der Waals surface area contributed by atoms with Gasteiger partial charge in [0.25, 0.3) is 5.91 Å². The molecule has 0 aliphatic rings. The minimum Gasteiger partial charge on any atom is -0.354 e. The Morgan fingerprint density at radius 1 is 0.962 bits per heavy atom. The number of anilines is 1. The molecule has 2 aromatic carbocycles. The van der Waals surface area contributed by atoms with Crippen LogP contribution >= 0.6 is 0 Å². The fraction of sp³-hybridized carbons (Fsp3) is 0.190. The van der Waals surface area contributed by atoms with E-state index in [4.69, 9.17) is 0 Å². The Bertz CT molecular complexity index is 847. The maximum Gasteiger partial charge on any atom is 0.254 e. The van der Waals surface area contributed by atoms with E-state index in [1.165, 1.54) is 11.1 Å². The van der Waals surface area contributed by atoms with E-state index in [9.17, 15) is 4.79 Å². The monoisotopic (exact) mass is 346 g/mol. The van der Waals surface area contributed by atoms with Gasteiger partial charge in [0.05, 0.1) is 5.56 Å². The van der Waals surface area contributed by atoms with Crippen molar-refractivity contribution in [3.63, 3.8) is 0 Å². The first kappa shape index (κ1) is 17.6. The standard InChI is InChI=1S/C21H22N4O/c1-16-6-5-9-18(12-16)13-23-20(26)19-14-24-21(25-15-19)22-11-10-17-7-3-2-4-8-17/h2-9,12,14-15H,10-11,13H2,1H3,(H,23,26)(H,22,24,25). The zero-order chi connectivity index (χ0) is 18.2. The van der Waals surface area contributed by atoms with E-state index in [0.29, 0.717) is 18.1 Å². The summed E-state index contributed by atoms with van der Waals surface area (Å²) in [6.07, 6.45) is 3.98. The van der Waals surface area contributed by atoms with Gasteiger partial charge >= 0.3 is 0 Å². The number of rotatable bonds is 7. The van der Waals surface area contributed by atoms with E-state index in [1.807, 2.05) is 43.3 Å². The van der Waals surface area contributed by atoms with Gasteiger partial charge in [0.1, 0.15) is 0 Å². The van der Waals surface area contributed by atoms with Gasteiger partial charge in [0.15, 0.2) is 0 Å². The van der Waals surface area contributed by atoms with Crippen LogP contribution in [0.3, 0.4) is 0 Å². The zero-order valence-corrected chi connectivity index (χ0v) is 14.8. The third-order valence-electron chi connectivity index (χ3n) is 3.99. The number of nitrogens with zero attached hydrogens (tertiary/aromatic N) is 2. The Morgan fingerprint density at radius 3 is 2.42 bits per heavy atom. The Balaban J connectivity index is 1.48. The number of benzene rings is 2. The number of aromatic nitrogens is 2. The molecule has 2 N–H and O–H groups in total. The molecule has 0 fully saturated rings. The van der Waals surface area contributed by atoms with Crippen LogP contribution in [0.5, 0.6) is 0 Å². The van der Waals surface area contributed by atoms with Crippen molar-refractivity contribution < 1.29 is 4.79 Å². The second-order valence-electron chi connectivity index (χ2n) is 6.13. The molecule has 0 aliphatic heterocycles. The summed E-state index contributed by atoms with van der Waals surface area (Å²) >= 11 is 0. The summed E-state index contributed by atoms with van der Waals surface area (Å²) in [4.78, 5) is 20.6. The number of hydrogen-bond acceptors (Lipinski definition) is 4. The number of nitrogens with one attached hydrogen (secondary N) is 2. The van der Waals surface area contributed by atoms with E-state index in [1.54, 1.807) is 12.4 Å². The third-order valence-corrected chi connectivity index (χ3v) is 3.99. The summed E-state index contributed by atoms with van der Waals surface area (Å²) < 4.78 is 0. The Kier molecular flexibility index (Phi) is 5.93. The van der Waals surface area contributed by atoms with Crippen molar-refractivity contribution in [2.45, 2.75) is 19.9 Å². The summed E-state index contributed by atoms with van der Waals surface area (Å²) in [6, 6.07) is 18.3. The fourth-order valence-corrected chi connectivity index (χ4v) is 2.61. The molecule has 3 rings (SSSR count). The van der Waals surface area contributed by atoms with Crippen LogP contribution in [0.15, 0.2) is 67.0 Å². The van der Waals surface area contributed by atoms with Crippen molar-refractivity contribution in [3.8, 4) is 0 Å². The molecular formula is C21H22N4O. The molecule has 0 radical (unpaired) electrons. The van der Waals surface area contributed by atoms with Crippen molar-refractivity contribution >= 4 is 11.9 Å². The van der Waals surface area contributed by atoms with Crippen LogP contribution in [0.2, 0.25) is 0 Å². The smallest absolute Gasteiger partial charge is 0.254 e. The molecular weight excluding hydrogens is 324 g/mol.